The van der Waals surface area contributed by atoms with Gasteiger partial charge in [-0.15, -0.1) is 0 Å². The van der Waals surface area contributed by atoms with Gasteiger partial charge in [-0.3, -0.25) is 0 Å². The highest BCUT2D eigenvalue weighted by molar-refractivity contribution is 6.14. The van der Waals surface area contributed by atoms with Crippen LogP contribution in [0.2, 0.25) is 0 Å². The second-order valence-corrected chi connectivity index (χ2v) is 6.54. The van der Waals surface area contributed by atoms with Gasteiger partial charge in [-0.1, -0.05) is 69.5 Å². The summed E-state index contributed by atoms with van der Waals surface area (Å²) >= 11 is 0. The van der Waals surface area contributed by atoms with E-state index in [4.69, 9.17) is 0 Å². The molecule has 2 rings (SSSR count). The van der Waals surface area contributed by atoms with E-state index < -0.39 is 5.97 Å². The van der Waals surface area contributed by atoms with Crippen LogP contribution in [0.3, 0.4) is 0 Å². The van der Waals surface area contributed by atoms with Crippen LogP contribution in [0.15, 0.2) is 48.8 Å². The van der Waals surface area contributed by atoms with E-state index in [0.717, 1.165) is 30.4 Å². The highest BCUT2D eigenvalue weighted by Crippen LogP contribution is 2.25. The van der Waals surface area contributed by atoms with E-state index in [-0.39, 0.29) is 17.3 Å². The van der Waals surface area contributed by atoms with Gasteiger partial charge in [0.2, 0.25) is 0 Å². The van der Waals surface area contributed by atoms with E-state index in [2.05, 4.69) is 16.9 Å². The number of benzene rings is 1. The molecular formula is C22H28N2O2. The maximum Gasteiger partial charge on any atom is 0.339 e. The summed E-state index contributed by atoms with van der Waals surface area (Å²) < 4.78 is 0. The molecule has 0 amide bonds. The topological polar surface area (TPSA) is 63.1 Å². The Hall–Kier alpha value is -2.49. The van der Waals surface area contributed by atoms with Crippen LogP contribution in [0.25, 0.3) is 5.57 Å². The van der Waals surface area contributed by atoms with Crippen molar-refractivity contribution in [3.05, 3.63) is 65.8 Å². The molecule has 0 aliphatic heterocycles. The zero-order chi connectivity index (χ0) is 18.8. The van der Waals surface area contributed by atoms with Crippen molar-refractivity contribution >= 4 is 11.5 Å². The van der Waals surface area contributed by atoms with Gasteiger partial charge < -0.3 is 5.11 Å². The van der Waals surface area contributed by atoms with E-state index in [0.29, 0.717) is 0 Å². The van der Waals surface area contributed by atoms with Crippen molar-refractivity contribution in [2.45, 2.75) is 58.3 Å². The minimum absolute atomic E-state index is 0.0274. The molecule has 0 aliphatic rings. The summed E-state index contributed by atoms with van der Waals surface area (Å²) in [7, 11) is 0. The number of carboxylic acids is 1. The summed E-state index contributed by atoms with van der Waals surface area (Å²) in [5.41, 5.74) is 2.32. The van der Waals surface area contributed by atoms with Gasteiger partial charge in [0.1, 0.15) is 5.57 Å². The molecule has 138 valence electrons. The van der Waals surface area contributed by atoms with E-state index in [9.17, 15) is 9.90 Å². The summed E-state index contributed by atoms with van der Waals surface area (Å²) in [4.78, 5) is 20.4. The summed E-state index contributed by atoms with van der Waals surface area (Å²) in [5.74, 6) is -0.682. The van der Waals surface area contributed by atoms with Gasteiger partial charge in [0, 0.05) is 18.3 Å². The van der Waals surface area contributed by atoms with Crippen molar-refractivity contribution < 1.29 is 9.90 Å². The van der Waals surface area contributed by atoms with Crippen molar-refractivity contribution in [2.75, 3.05) is 0 Å². The van der Waals surface area contributed by atoms with Crippen LogP contribution in [0.1, 0.15) is 68.8 Å². The summed E-state index contributed by atoms with van der Waals surface area (Å²) in [6, 6.07) is 9.93. The van der Waals surface area contributed by atoms with Crippen LogP contribution in [-0.4, -0.2) is 21.0 Å². The first-order chi connectivity index (χ1) is 12.7. The lowest BCUT2D eigenvalue weighted by Crippen LogP contribution is -2.07. The molecule has 1 atom stereocenters. The summed E-state index contributed by atoms with van der Waals surface area (Å²) in [5, 5.41) is 9.64. The third-order valence-electron chi connectivity index (χ3n) is 4.53. The van der Waals surface area contributed by atoms with Crippen LogP contribution in [0.4, 0.5) is 0 Å². The van der Waals surface area contributed by atoms with Crippen molar-refractivity contribution in [3.8, 4) is 0 Å². The lowest BCUT2D eigenvalue weighted by atomic mass is 9.94. The fourth-order valence-corrected chi connectivity index (χ4v) is 2.97. The Balaban J connectivity index is 2.17. The predicted molar refractivity (Wildman–Crippen MR) is 105 cm³/mol. The van der Waals surface area contributed by atoms with Crippen LogP contribution in [-0.2, 0) is 11.2 Å². The van der Waals surface area contributed by atoms with Gasteiger partial charge in [0.25, 0.3) is 0 Å². The number of rotatable bonds is 10. The Labute approximate surface area is 156 Å². The fraction of sp³-hybridized carbons (Fsp3) is 0.409. The smallest absolute Gasteiger partial charge is 0.339 e. The van der Waals surface area contributed by atoms with Crippen molar-refractivity contribution in [2.24, 2.45) is 0 Å². The van der Waals surface area contributed by atoms with Gasteiger partial charge >= 0.3 is 5.97 Å². The SMILES string of the molecule is CCCCCCc1cnc(/C(=C\C(CC)c2ccccc2)C(=O)O)nc1. The number of aryl methyl sites for hydroxylation is 1. The van der Waals surface area contributed by atoms with Gasteiger partial charge in [-0.2, -0.15) is 0 Å². The van der Waals surface area contributed by atoms with Gasteiger partial charge in [0.05, 0.1) is 0 Å². The highest BCUT2D eigenvalue weighted by atomic mass is 16.4. The summed E-state index contributed by atoms with van der Waals surface area (Å²) in [6.07, 6.45) is 11.8. The van der Waals surface area contributed by atoms with E-state index in [1.807, 2.05) is 37.3 Å². The number of nitrogens with zero attached hydrogens (tertiary/aromatic N) is 2. The molecule has 0 bridgehead atoms. The minimum Gasteiger partial charge on any atom is -0.478 e. The first-order valence-electron chi connectivity index (χ1n) is 9.47. The zero-order valence-electron chi connectivity index (χ0n) is 15.7. The molecule has 0 saturated heterocycles. The number of aliphatic carboxylic acids is 1. The van der Waals surface area contributed by atoms with Gasteiger partial charge in [0.15, 0.2) is 5.82 Å². The second-order valence-electron chi connectivity index (χ2n) is 6.54. The molecule has 1 aromatic carbocycles. The van der Waals surface area contributed by atoms with Crippen molar-refractivity contribution in [1.29, 1.82) is 0 Å². The second kappa shape index (κ2) is 10.5. The lowest BCUT2D eigenvalue weighted by Gasteiger charge is -2.12. The molecule has 1 heterocycles. The minimum atomic E-state index is -0.991. The van der Waals surface area contributed by atoms with E-state index in [1.165, 1.54) is 19.3 Å². The van der Waals surface area contributed by atoms with Crippen molar-refractivity contribution in [1.82, 2.24) is 9.97 Å². The Morgan fingerprint density at radius 1 is 1.08 bits per heavy atom. The normalized spacial score (nSPS) is 12.8. The first-order valence-corrected chi connectivity index (χ1v) is 9.47. The predicted octanol–water partition coefficient (Wildman–Crippen LogP) is 5.26. The molecule has 0 radical (unpaired) electrons. The number of aromatic nitrogens is 2. The van der Waals surface area contributed by atoms with Crippen LogP contribution < -0.4 is 0 Å². The Bertz CT molecular complexity index is 709. The Morgan fingerprint density at radius 2 is 1.77 bits per heavy atom. The standard InChI is InChI=1S/C22H28N2O2/c1-3-5-6-8-11-17-15-23-21(24-16-17)20(22(25)26)14-18(4-2)19-12-9-7-10-13-19/h7,9-10,12-16,18H,3-6,8,11H2,1-2H3,(H,25,26)/b20-14+. The largest absolute Gasteiger partial charge is 0.478 e. The number of hydrogen-bond acceptors (Lipinski definition) is 3. The zero-order valence-corrected chi connectivity index (χ0v) is 15.7. The summed E-state index contributed by atoms with van der Waals surface area (Å²) in [6.45, 7) is 4.24. The van der Waals surface area contributed by atoms with Gasteiger partial charge in [-0.05, 0) is 30.4 Å². The lowest BCUT2D eigenvalue weighted by molar-refractivity contribution is -0.130. The molecule has 26 heavy (non-hydrogen) atoms. The number of hydrogen-bond donors (Lipinski definition) is 1. The van der Waals surface area contributed by atoms with Gasteiger partial charge in [-0.25, -0.2) is 14.8 Å². The van der Waals surface area contributed by atoms with Crippen LogP contribution in [0.5, 0.6) is 0 Å². The quantitative estimate of drug-likeness (QED) is 0.468. The molecular weight excluding hydrogens is 324 g/mol. The Morgan fingerprint density at radius 3 is 2.35 bits per heavy atom. The van der Waals surface area contributed by atoms with E-state index >= 15 is 0 Å². The highest BCUT2D eigenvalue weighted by Gasteiger charge is 2.17. The molecule has 1 unspecified atom stereocenters. The molecule has 0 aliphatic carbocycles. The fourth-order valence-electron chi connectivity index (χ4n) is 2.97. The molecule has 1 aromatic heterocycles. The van der Waals surface area contributed by atoms with Crippen LogP contribution in [0, 0.1) is 0 Å². The maximum atomic E-state index is 11.8. The third-order valence-corrected chi connectivity index (χ3v) is 4.53. The average Bonchev–Trinajstić information content (AvgIpc) is 2.67. The van der Waals surface area contributed by atoms with Crippen LogP contribution >= 0.6 is 0 Å². The molecule has 4 heteroatoms. The first kappa shape index (κ1) is 19.8. The number of allylic oxidation sites excluding steroid dienone is 1. The Kier molecular flexibility index (Phi) is 8.00. The van der Waals surface area contributed by atoms with E-state index in [1.54, 1.807) is 18.5 Å². The average molecular weight is 352 g/mol. The molecule has 4 nitrogen and oxygen atoms in total. The third kappa shape index (κ3) is 5.80. The molecule has 0 saturated carbocycles. The molecule has 0 fully saturated rings. The number of carbonyl (C=O) groups is 1. The molecule has 0 spiro atoms. The number of carboxylic acid groups (broad SMARTS) is 1. The molecule has 2 aromatic rings. The monoisotopic (exact) mass is 352 g/mol. The number of unbranched alkanes of at least 4 members (excludes halogenated alkanes) is 3. The van der Waals surface area contributed by atoms with Crippen molar-refractivity contribution in [3.63, 3.8) is 0 Å². The maximum absolute atomic E-state index is 11.8. The molecule has 1 N–H and O–H groups in total.